The number of hydrogen-bond donors (Lipinski definition) is 0. The van der Waals surface area contributed by atoms with E-state index in [1.165, 1.54) is 4.90 Å². The minimum atomic E-state index is -1.69. The van der Waals surface area contributed by atoms with Gasteiger partial charge in [0.1, 0.15) is 0 Å². The third kappa shape index (κ3) is 5.00. The van der Waals surface area contributed by atoms with Gasteiger partial charge in [0.15, 0.2) is 8.32 Å². The summed E-state index contributed by atoms with van der Waals surface area (Å²) >= 11 is 5.31. The van der Waals surface area contributed by atoms with Gasteiger partial charge in [-0.2, -0.15) is 0 Å². The number of halogens is 1. The standard InChI is InChI=1S/C10H22ClNO2Si/c1-10(2,3)15(5,6)14-8-7-12(4)9(11)13/h7-8H2,1-6H3. The Hall–Kier alpha value is -0.0631. The fourth-order valence-corrected chi connectivity index (χ4v) is 1.86. The lowest BCUT2D eigenvalue weighted by atomic mass is 10.2. The summed E-state index contributed by atoms with van der Waals surface area (Å²) in [4.78, 5) is 12.2. The van der Waals surface area contributed by atoms with Gasteiger partial charge in [-0.15, -0.1) is 0 Å². The molecule has 0 atom stereocenters. The molecule has 90 valence electrons. The molecule has 15 heavy (non-hydrogen) atoms. The van der Waals surface area contributed by atoms with Crippen molar-refractivity contribution in [3.05, 3.63) is 0 Å². The summed E-state index contributed by atoms with van der Waals surface area (Å²) in [6.07, 6.45) is 0. The maximum Gasteiger partial charge on any atom is 0.316 e. The lowest BCUT2D eigenvalue weighted by molar-refractivity contribution is 0.211. The molecule has 0 N–H and O–H groups in total. The highest BCUT2D eigenvalue weighted by Gasteiger charge is 2.36. The molecule has 5 heteroatoms. The lowest BCUT2D eigenvalue weighted by Crippen LogP contribution is -2.42. The average Bonchev–Trinajstić information content (AvgIpc) is 2.01. The summed E-state index contributed by atoms with van der Waals surface area (Å²) in [6.45, 7) is 12.1. The maximum atomic E-state index is 10.7. The molecule has 0 bridgehead atoms. The first-order valence-electron chi connectivity index (χ1n) is 5.12. The van der Waals surface area contributed by atoms with Crippen LogP contribution >= 0.6 is 11.6 Å². The van der Waals surface area contributed by atoms with Crippen LogP contribution in [0.5, 0.6) is 0 Å². The van der Waals surface area contributed by atoms with Crippen molar-refractivity contribution in [1.82, 2.24) is 4.90 Å². The van der Waals surface area contributed by atoms with Gasteiger partial charge in [-0.1, -0.05) is 20.8 Å². The van der Waals surface area contributed by atoms with E-state index < -0.39 is 13.7 Å². The van der Waals surface area contributed by atoms with Crippen molar-refractivity contribution in [2.24, 2.45) is 0 Å². The van der Waals surface area contributed by atoms with Crippen molar-refractivity contribution >= 4 is 25.3 Å². The van der Waals surface area contributed by atoms with E-state index in [1.54, 1.807) is 7.05 Å². The minimum Gasteiger partial charge on any atom is -0.415 e. The molecule has 0 saturated heterocycles. The molecule has 0 aromatic heterocycles. The Bertz CT molecular complexity index is 226. The predicted molar refractivity (Wildman–Crippen MR) is 67.0 cm³/mol. The summed E-state index contributed by atoms with van der Waals surface area (Å²) in [5.41, 5.74) is 0. The Kier molecular flexibility index (Phi) is 5.30. The van der Waals surface area contributed by atoms with Crippen LogP contribution < -0.4 is 0 Å². The highest BCUT2D eigenvalue weighted by Crippen LogP contribution is 2.36. The van der Waals surface area contributed by atoms with Crippen molar-refractivity contribution < 1.29 is 9.22 Å². The second-order valence-electron chi connectivity index (χ2n) is 5.28. The summed E-state index contributed by atoms with van der Waals surface area (Å²) in [5, 5.41) is -0.231. The molecule has 0 aromatic carbocycles. The van der Waals surface area contributed by atoms with Crippen molar-refractivity contribution in [2.75, 3.05) is 20.2 Å². The molecule has 0 radical (unpaired) electrons. The zero-order valence-corrected chi connectivity index (χ0v) is 12.3. The van der Waals surface area contributed by atoms with Crippen LogP contribution in [-0.2, 0) is 4.43 Å². The number of carbonyl (C=O) groups excluding carboxylic acids is 1. The monoisotopic (exact) mass is 251 g/mol. The van der Waals surface area contributed by atoms with E-state index in [0.29, 0.717) is 13.2 Å². The summed E-state index contributed by atoms with van der Waals surface area (Å²) in [5.74, 6) is 0. The van der Waals surface area contributed by atoms with Crippen LogP contribution in [0.15, 0.2) is 0 Å². The molecule has 0 aromatic rings. The minimum absolute atomic E-state index is 0.205. The topological polar surface area (TPSA) is 29.5 Å². The first-order valence-corrected chi connectivity index (χ1v) is 8.41. The van der Waals surface area contributed by atoms with Crippen LogP contribution in [0.2, 0.25) is 18.1 Å². The number of nitrogens with zero attached hydrogens (tertiary/aromatic N) is 1. The van der Waals surface area contributed by atoms with E-state index in [4.69, 9.17) is 16.0 Å². The molecule has 0 aliphatic rings. The molecule has 0 heterocycles. The largest absolute Gasteiger partial charge is 0.415 e. The van der Waals surface area contributed by atoms with Crippen LogP contribution in [0.1, 0.15) is 20.8 Å². The number of hydrogen-bond acceptors (Lipinski definition) is 2. The molecule has 3 nitrogen and oxygen atoms in total. The van der Waals surface area contributed by atoms with Gasteiger partial charge in [0.2, 0.25) is 0 Å². The van der Waals surface area contributed by atoms with E-state index in [9.17, 15) is 4.79 Å². The molecular weight excluding hydrogens is 230 g/mol. The average molecular weight is 252 g/mol. The lowest BCUT2D eigenvalue weighted by Gasteiger charge is -2.36. The Labute approximate surface area is 98.9 Å². The van der Waals surface area contributed by atoms with E-state index in [0.717, 1.165) is 0 Å². The van der Waals surface area contributed by atoms with Crippen molar-refractivity contribution in [3.8, 4) is 0 Å². The molecule has 0 aliphatic carbocycles. The Morgan fingerprint density at radius 2 is 1.87 bits per heavy atom. The van der Waals surface area contributed by atoms with Crippen LogP contribution in [0, 0.1) is 0 Å². The fourth-order valence-electron chi connectivity index (χ4n) is 0.742. The summed E-state index contributed by atoms with van der Waals surface area (Å²) < 4.78 is 5.90. The van der Waals surface area contributed by atoms with E-state index in [1.807, 2.05) is 0 Å². The number of likely N-dealkylation sites (N-methyl/N-ethyl adjacent to an activating group) is 1. The zero-order chi connectivity index (χ0) is 12.3. The van der Waals surface area contributed by atoms with Crippen molar-refractivity contribution in [3.63, 3.8) is 0 Å². The predicted octanol–water partition coefficient (Wildman–Crippen LogP) is 3.30. The van der Waals surface area contributed by atoms with Gasteiger partial charge in [-0.3, -0.25) is 4.79 Å². The van der Waals surface area contributed by atoms with E-state index in [-0.39, 0.29) is 5.04 Å². The van der Waals surface area contributed by atoms with Crippen LogP contribution in [0.25, 0.3) is 0 Å². The Morgan fingerprint density at radius 3 is 2.20 bits per heavy atom. The molecular formula is C10H22ClNO2Si. The van der Waals surface area contributed by atoms with Gasteiger partial charge >= 0.3 is 5.37 Å². The highest BCUT2D eigenvalue weighted by atomic mass is 35.5. The van der Waals surface area contributed by atoms with Crippen LogP contribution in [-0.4, -0.2) is 38.8 Å². The van der Waals surface area contributed by atoms with E-state index in [2.05, 4.69) is 33.9 Å². The first kappa shape index (κ1) is 14.9. The SMILES string of the molecule is CN(CCO[Si](C)(C)C(C)(C)C)C(=O)Cl. The molecule has 0 rings (SSSR count). The number of carbonyl (C=O) groups is 1. The van der Waals surface area contributed by atoms with E-state index >= 15 is 0 Å². The molecule has 0 unspecified atom stereocenters. The van der Waals surface area contributed by atoms with Gasteiger partial charge in [-0.05, 0) is 29.7 Å². The van der Waals surface area contributed by atoms with Crippen molar-refractivity contribution in [2.45, 2.75) is 38.9 Å². The normalized spacial score (nSPS) is 12.7. The fraction of sp³-hybridized carbons (Fsp3) is 0.900. The molecule has 0 spiro atoms. The van der Waals surface area contributed by atoms with Crippen LogP contribution in [0.4, 0.5) is 4.79 Å². The van der Waals surface area contributed by atoms with Crippen LogP contribution in [0.3, 0.4) is 0 Å². The highest BCUT2D eigenvalue weighted by molar-refractivity contribution is 6.74. The second kappa shape index (κ2) is 5.32. The third-order valence-electron chi connectivity index (χ3n) is 3.00. The molecule has 0 saturated carbocycles. The van der Waals surface area contributed by atoms with Gasteiger partial charge < -0.3 is 9.33 Å². The smallest absolute Gasteiger partial charge is 0.316 e. The quantitative estimate of drug-likeness (QED) is 0.436. The van der Waals surface area contributed by atoms with Gasteiger partial charge in [0.05, 0.1) is 6.61 Å². The van der Waals surface area contributed by atoms with Gasteiger partial charge in [0.25, 0.3) is 0 Å². The second-order valence-corrected chi connectivity index (χ2v) is 10.4. The Balaban J connectivity index is 4.01. The number of amides is 1. The number of rotatable bonds is 4. The molecule has 0 aliphatic heterocycles. The first-order chi connectivity index (χ1) is 6.58. The zero-order valence-electron chi connectivity index (χ0n) is 10.6. The summed E-state index contributed by atoms with van der Waals surface area (Å²) in [6, 6.07) is 0. The maximum absolute atomic E-state index is 10.7. The van der Waals surface area contributed by atoms with Crippen molar-refractivity contribution in [1.29, 1.82) is 0 Å². The van der Waals surface area contributed by atoms with Gasteiger partial charge in [0, 0.05) is 13.6 Å². The molecule has 1 amide bonds. The van der Waals surface area contributed by atoms with Gasteiger partial charge in [-0.25, -0.2) is 0 Å². The molecule has 0 fully saturated rings. The summed E-state index contributed by atoms with van der Waals surface area (Å²) in [7, 11) is -0.0166. The Morgan fingerprint density at radius 1 is 1.40 bits per heavy atom. The third-order valence-corrected chi connectivity index (χ3v) is 7.82.